The highest BCUT2D eigenvalue weighted by atomic mass is 35.5. The number of nitrogens with two attached hydrogens (primary N) is 5. The normalized spacial score (nSPS) is 31.3. The highest BCUT2D eigenvalue weighted by molar-refractivity contribution is 5.94. The molecule has 568 valence electrons. The molecule has 0 radical (unpaired) electrons. The van der Waals surface area contributed by atoms with E-state index in [-0.39, 0.29) is 99.9 Å². The van der Waals surface area contributed by atoms with Gasteiger partial charge in [-0.2, -0.15) is 0 Å². The van der Waals surface area contributed by atoms with Crippen LogP contribution in [0.25, 0.3) is 0 Å². The molecule has 12 rings (SSSR count). The lowest BCUT2D eigenvalue weighted by Crippen LogP contribution is -2.59. The molecule has 18 N–H and O–H groups in total. The Morgan fingerprint density at radius 3 is 1.02 bits per heavy atom. The number of nitrogens with zero attached hydrogens (tertiary/aromatic N) is 3. The maximum absolute atomic E-state index is 13.7. The zero-order valence-electron chi connectivity index (χ0n) is 61.2. The number of aliphatic hydroxyl groups excluding tert-OH is 3. The Hall–Kier alpha value is -4.76. The van der Waals surface area contributed by atoms with E-state index < -0.39 is 84.3 Å². The Bertz CT molecular complexity index is 2860. The van der Waals surface area contributed by atoms with Crippen LogP contribution in [0.4, 0.5) is 0 Å². The maximum Gasteiger partial charge on any atom is 0.326 e. The van der Waals surface area contributed by atoms with Gasteiger partial charge in [-0.25, -0.2) is 4.79 Å². The van der Waals surface area contributed by atoms with Crippen molar-refractivity contribution in [2.45, 2.75) is 288 Å². The SMILES string of the molecule is CC1(C)C2[C@@H](C(=O)NC(CC3CCC3)C(O)C(N)=O)N(C(=O)[C@@H](N)C3CCCCC3)C[C@@H]21.CN[C@H](C(=O)N1C[C@H]2C([C@H]1C(=O)NC(CC1CCC1)C(O)C(N)=O)C2(C)C)C1CCCCC1.CN[C@H](C(=O)N1C[C@H]2C([C@H]1C(=O)O)C2(C)C)C1CCCCC1.Cl.NC(=O)C(O)C(N)CC1CCC1. The van der Waals surface area contributed by atoms with Crippen molar-refractivity contribution < 1.29 is 63.6 Å². The summed E-state index contributed by atoms with van der Waals surface area (Å²) in [7, 11) is 3.67. The van der Waals surface area contributed by atoms with Crippen molar-refractivity contribution >= 4 is 65.6 Å². The number of likely N-dealkylation sites (N-methyl/N-ethyl adjacent to an activating group) is 2. The van der Waals surface area contributed by atoms with Crippen molar-refractivity contribution in [2.24, 2.45) is 116 Å². The van der Waals surface area contributed by atoms with E-state index in [4.69, 9.17) is 33.8 Å². The third-order valence-corrected chi connectivity index (χ3v) is 27.3. The van der Waals surface area contributed by atoms with E-state index in [2.05, 4.69) is 62.8 Å². The van der Waals surface area contributed by atoms with Gasteiger partial charge in [0.15, 0.2) is 12.2 Å². The van der Waals surface area contributed by atoms with Crippen LogP contribution in [0.3, 0.4) is 0 Å². The molecule has 100 heavy (non-hydrogen) atoms. The number of rotatable bonds is 25. The lowest BCUT2D eigenvalue weighted by Gasteiger charge is -2.37. The summed E-state index contributed by atoms with van der Waals surface area (Å²) in [5.74, 6) is -0.507. The van der Waals surface area contributed by atoms with Gasteiger partial charge in [0.05, 0.1) is 30.2 Å². The highest BCUT2D eigenvalue weighted by Gasteiger charge is 2.72. The maximum atomic E-state index is 13.7. The molecule has 25 nitrogen and oxygen atoms in total. The molecule has 0 aromatic rings. The summed E-state index contributed by atoms with van der Waals surface area (Å²) >= 11 is 0. The second-order valence-electron chi connectivity index (χ2n) is 34.3. The van der Waals surface area contributed by atoms with Crippen LogP contribution in [0, 0.1) is 87.3 Å². The fourth-order valence-electron chi connectivity index (χ4n) is 19.8. The first-order chi connectivity index (χ1) is 46.8. The number of fused-ring (bicyclic) bond motifs is 3. The molecule has 3 saturated heterocycles. The van der Waals surface area contributed by atoms with E-state index in [1.54, 1.807) is 14.7 Å². The van der Waals surface area contributed by atoms with Crippen molar-refractivity contribution in [2.75, 3.05) is 33.7 Å². The van der Waals surface area contributed by atoms with Crippen molar-refractivity contribution in [3.63, 3.8) is 0 Å². The van der Waals surface area contributed by atoms with Gasteiger partial charge in [0.2, 0.25) is 47.3 Å². The van der Waals surface area contributed by atoms with Gasteiger partial charge in [0, 0.05) is 31.6 Å². The topological polar surface area (TPSA) is 422 Å². The highest BCUT2D eigenvalue weighted by Crippen LogP contribution is 2.67. The minimum atomic E-state index is -1.43. The third-order valence-electron chi connectivity index (χ3n) is 27.3. The van der Waals surface area contributed by atoms with Gasteiger partial charge in [-0.15, -0.1) is 12.4 Å². The predicted octanol–water partition coefficient (Wildman–Crippen LogP) is 3.55. The zero-order valence-corrected chi connectivity index (χ0v) is 62.0. The van der Waals surface area contributed by atoms with Crippen molar-refractivity contribution in [3.8, 4) is 0 Å². The van der Waals surface area contributed by atoms with E-state index >= 15 is 0 Å². The molecule has 3 heterocycles. The molecule has 9 saturated carbocycles. The van der Waals surface area contributed by atoms with Crippen LogP contribution in [-0.4, -0.2) is 195 Å². The fraction of sp³-hybridized carbons (Fsp3) is 0.878. The van der Waals surface area contributed by atoms with Gasteiger partial charge in [0.1, 0.15) is 24.2 Å². The molecule has 8 amide bonds. The molecule has 0 aromatic heterocycles. The van der Waals surface area contributed by atoms with Crippen molar-refractivity contribution in [3.05, 3.63) is 0 Å². The number of halogens is 1. The quantitative estimate of drug-likeness (QED) is 0.0621. The van der Waals surface area contributed by atoms with E-state index in [0.29, 0.717) is 80.3 Å². The number of aliphatic carboxylic acids is 1. The number of carboxylic acids is 1. The molecular formula is C74H127ClN12O13. The molecule has 0 aromatic carbocycles. The molecule has 0 bridgehead atoms. The molecule has 9 aliphatic carbocycles. The third kappa shape index (κ3) is 17.8. The van der Waals surface area contributed by atoms with Crippen LogP contribution in [0.15, 0.2) is 0 Å². The Balaban J connectivity index is 0.000000178. The number of nitrogens with one attached hydrogen (secondary N) is 4. The average Bonchev–Trinajstić information content (AvgIpc) is 1.55. The summed E-state index contributed by atoms with van der Waals surface area (Å²) in [6.45, 7) is 14.6. The number of carboxylic acid groups (broad SMARTS) is 1. The van der Waals surface area contributed by atoms with Gasteiger partial charge in [-0.05, 0) is 153 Å². The first-order valence-electron chi connectivity index (χ1n) is 38.3. The van der Waals surface area contributed by atoms with E-state index in [0.717, 1.165) is 103 Å². The van der Waals surface area contributed by atoms with E-state index in [9.17, 15) is 58.5 Å². The van der Waals surface area contributed by atoms with E-state index in [1.165, 1.54) is 51.4 Å². The predicted molar refractivity (Wildman–Crippen MR) is 380 cm³/mol. The van der Waals surface area contributed by atoms with Crippen LogP contribution in [-0.2, 0) is 43.2 Å². The summed E-state index contributed by atoms with van der Waals surface area (Å²) in [4.78, 5) is 118. The number of aliphatic hydroxyl groups is 3. The van der Waals surface area contributed by atoms with Crippen LogP contribution in [0.5, 0.6) is 0 Å². The number of likely N-dealkylation sites (tertiary alicyclic amines) is 3. The van der Waals surface area contributed by atoms with Gasteiger partial charge < -0.3 is 85.1 Å². The van der Waals surface area contributed by atoms with E-state index in [1.807, 2.05) is 14.1 Å². The van der Waals surface area contributed by atoms with Crippen LogP contribution >= 0.6 is 12.4 Å². The molecule has 12 fully saturated rings. The fourth-order valence-corrected chi connectivity index (χ4v) is 19.8. The second-order valence-corrected chi connectivity index (χ2v) is 34.3. The van der Waals surface area contributed by atoms with Gasteiger partial charge >= 0.3 is 5.97 Å². The Morgan fingerprint density at radius 1 is 0.420 bits per heavy atom. The molecule has 12 aliphatic rings. The molecular weight excluding hydrogens is 1300 g/mol. The first kappa shape index (κ1) is 80.9. The number of amides is 8. The smallest absolute Gasteiger partial charge is 0.326 e. The number of carbonyl (C=O) groups excluding carboxylic acids is 8. The van der Waals surface area contributed by atoms with Crippen LogP contribution < -0.4 is 49.9 Å². The zero-order chi connectivity index (χ0) is 72.3. The first-order valence-corrected chi connectivity index (χ1v) is 38.3. The Labute approximate surface area is 599 Å². The summed E-state index contributed by atoms with van der Waals surface area (Å²) in [6, 6.07) is -4.80. The minimum Gasteiger partial charge on any atom is -0.480 e. The Morgan fingerprint density at radius 2 is 0.720 bits per heavy atom. The average molecular weight is 1430 g/mol. The lowest BCUT2D eigenvalue weighted by atomic mass is 9.79. The van der Waals surface area contributed by atoms with Crippen LogP contribution in [0.2, 0.25) is 0 Å². The summed E-state index contributed by atoms with van der Waals surface area (Å²) in [5, 5.41) is 51.9. The van der Waals surface area contributed by atoms with Crippen molar-refractivity contribution in [1.82, 2.24) is 36.0 Å². The van der Waals surface area contributed by atoms with Crippen LogP contribution in [0.1, 0.15) is 215 Å². The van der Waals surface area contributed by atoms with Crippen molar-refractivity contribution in [1.29, 1.82) is 0 Å². The molecule has 18 atom stereocenters. The molecule has 3 aliphatic heterocycles. The lowest BCUT2D eigenvalue weighted by molar-refractivity contribution is -0.151. The van der Waals surface area contributed by atoms with Gasteiger partial charge in [-0.1, -0.05) is 157 Å². The van der Waals surface area contributed by atoms with Gasteiger partial charge in [0.25, 0.3) is 0 Å². The molecule has 0 spiro atoms. The monoisotopic (exact) mass is 1430 g/mol. The largest absolute Gasteiger partial charge is 0.480 e. The molecule has 9 unspecified atom stereocenters. The number of piperidine rings is 3. The minimum absolute atomic E-state index is 0. The summed E-state index contributed by atoms with van der Waals surface area (Å²) in [5.41, 5.74) is 27.7. The summed E-state index contributed by atoms with van der Waals surface area (Å²) in [6.07, 6.45) is 24.3. The number of hydrogen-bond donors (Lipinski definition) is 13. The summed E-state index contributed by atoms with van der Waals surface area (Å²) < 4.78 is 0. The second kappa shape index (κ2) is 34.0. The number of carbonyl (C=O) groups is 9. The standard InChI is InChI=1S/C25H42N4O4.C24H40N4O4.C17H28N2O3.C8H16N2O2.ClH/c1-25(2)16-13-29(24(33)19(27-3)15-10-5-4-6-11-15)20(18(16)25)23(32)28-17(21(30)22(26)31)12-14-8-7-9-14;1-24(2)15-12-28(23(32)18(25)14-9-4-3-5-10-14)19(17(15)24)22(31)27-16(20(29)21(26)30)11-13-7-6-8-13;1-17(2)11-9-19(14(12(11)17)16(21)22)15(20)13(18-3)10-7-5-4-6-8-10;9-6(7(11)8(10)12)4-5-2-1-3-5;/h14-21,27,30H,4-13H2,1-3H3,(H2,26,31)(H,28,32);13-20,29H,3-12,25H2,1-2H3,(H2,26,30)(H,27,31);10-14,18H,4-9H2,1-3H3,(H,21,22);5-7,11H,1-4,9H2,(H2,10,12);1H/t16-,17?,18?,19-,20-,21?;15-,16?,17?,18-,19-,20?;11-,12?,13-,14-;;/m000../s1. The number of hydrogen-bond acceptors (Lipinski definition) is 16. The van der Waals surface area contributed by atoms with Gasteiger partial charge in [-0.3, -0.25) is 38.4 Å². The Kier molecular flexibility index (Phi) is 27.5. The number of primary amides is 3. The molecule has 26 heteroatoms.